The van der Waals surface area contributed by atoms with E-state index in [1.54, 1.807) is 12.1 Å². The average Bonchev–Trinajstić information content (AvgIpc) is 2.55. The molecule has 4 heteroatoms. The second kappa shape index (κ2) is 7.01. The molecule has 0 spiro atoms. The van der Waals surface area contributed by atoms with Crippen molar-refractivity contribution in [1.29, 1.82) is 0 Å². The van der Waals surface area contributed by atoms with Crippen molar-refractivity contribution in [2.75, 3.05) is 0 Å². The van der Waals surface area contributed by atoms with Crippen molar-refractivity contribution >= 4 is 10.0 Å². The van der Waals surface area contributed by atoms with E-state index in [1.807, 2.05) is 36.4 Å². The van der Waals surface area contributed by atoms with Crippen molar-refractivity contribution in [3.05, 3.63) is 42.0 Å². The van der Waals surface area contributed by atoms with Crippen LogP contribution in [0.3, 0.4) is 0 Å². The van der Waals surface area contributed by atoms with Gasteiger partial charge in [0, 0.05) is 12.1 Å². The third kappa shape index (κ3) is 3.18. The van der Waals surface area contributed by atoms with Gasteiger partial charge in [-0.25, -0.2) is 8.42 Å². The fourth-order valence-electron chi connectivity index (χ4n) is 4.58. The van der Waals surface area contributed by atoms with Gasteiger partial charge in [0.1, 0.15) is 0 Å². The van der Waals surface area contributed by atoms with Gasteiger partial charge in [-0.1, -0.05) is 49.6 Å². The highest BCUT2D eigenvalue weighted by atomic mass is 32.2. The van der Waals surface area contributed by atoms with Gasteiger partial charge in [-0.3, -0.25) is 0 Å². The van der Waals surface area contributed by atoms with Gasteiger partial charge in [0.25, 0.3) is 0 Å². The zero-order chi connectivity index (χ0) is 17.3. The largest absolute Gasteiger partial charge is 0.243 e. The minimum Gasteiger partial charge on any atom is -0.207 e. The van der Waals surface area contributed by atoms with Crippen LogP contribution in [0.1, 0.15) is 51.5 Å². The van der Waals surface area contributed by atoms with E-state index in [9.17, 15) is 8.42 Å². The van der Waals surface area contributed by atoms with Crippen LogP contribution in [-0.2, 0) is 10.0 Å². The molecule has 1 aromatic carbocycles. The number of benzene rings is 1. The number of hydrogen-bond donors (Lipinski definition) is 0. The summed E-state index contributed by atoms with van der Waals surface area (Å²) >= 11 is 0. The third-order valence-electron chi connectivity index (χ3n) is 5.84. The van der Waals surface area contributed by atoms with Crippen molar-refractivity contribution in [2.24, 2.45) is 11.8 Å². The Morgan fingerprint density at radius 2 is 1.79 bits per heavy atom. The molecule has 0 amide bonds. The zero-order valence-corrected chi connectivity index (χ0v) is 15.8. The van der Waals surface area contributed by atoms with Crippen molar-refractivity contribution < 1.29 is 8.42 Å². The summed E-state index contributed by atoms with van der Waals surface area (Å²) in [7, 11) is -3.46. The summed E-state index contributed by atoms with van der Waals surface area (Å²) in [6.07, 6.45) is 9.49. The van der Waals surface area contributed by atoms with Crippen molar-refractivity contribution in [3.8, 4) is 0 Å². The molecule has 1 aliphatic heterocycles. The van der Waals surface area contributed by atoms with Crippen molar-refractivity contribution in [3.63, 3.8) is 0 Å². The molecule has 1 aliphatic carbocycles. The summed E-state index contributed by atoms with van der Waals surface area (Å²) in [6.45, 7) is 6.26. The number of piperidine rings is 1. The minimum absolute atomic E-state index is 0.00662. The number of allylic oxidation sites excluding steroid dienone is 1. The summed E-state index contributed by atoms with van der Waals surface area (Å²) in [5, 5.41) is 0. The highest BCUT2D eigenvalue weighted by Gasteiger charge is 2.46. The van der Waals surface area contributed by atoms with Gasteiger partial charge in [-0.05, 0) is 57.1 Å². The van der Waals surface area contributed by atoms with Crippen LogP contribution in [0.15, 0.2) is 41.3 Å². The van der Waals surface area contributed by atoms with Crippen molar-refractivity contribution in [2.45, 2.75) is 69.9 Å². The first-order chi connectivity index (χ1) is 11.4. The summed E-state index contributed by atoms with van der Waals surface area (Å²) < 4.78 is 28.7. The molecule has 24 heavy (non-hydrogen) atoms. The Balaban J connectivity index is 2.02. The lowest BCUT2D eigenvalue weighted by molar-refractivity contribution is 0.0658. The number of rotatable bonds is 3. The van der Waals surface area contributed by atoms with Crippen LogP contribution < -0.4 is 0 Å². The van der Waals surface area contributed by atoms with Crippen LogP contribution in [0.2, 0.25) is 0 Å². The van der Waals surface area contributed by atoms with E-state index in [2.05, 4.69) is 13.0 Å². The molecular formula is C20H29NO2S. The summed E-state index contributed by atoms with van der Waals surface area (Å²) in [4.78, 5) is 0.432. The molecule has 0 aromatic heterocycles. The van der Waals surface area contributed by atoms with Crippen LogP contribution in [0, 0.1) is 18.8 Å². The van der Waals surface area contributed by atoms with E-state index < -0.39 is 10.0 Å². The van der Waals surface area contributed by atoms with E-state index in [0.717, 1.165) is 31.2 Å². The molecule has 1 aromatic rings. The van der Waals surface area contributed by atoms with Crippen molar-refractivity contribution in [1.82, 2.24) is 4.31 Å². The second-order valence-corrected chi connectivity index (χ2v) is 9.30. The Morgan fingerprint density at radius 1 is 1.08 bits per heavy atom. The first-order valence-corrected chi connectivity index (χ1v) is 10.6. The zero-order valence-electron chi connectivity index (χ0n) is 15.0. The molecule has 2 aliphatic rings. The fraction of sp³-hybridized carbons (Fsp3) is 0.600. The molecule has 4 atom stereocenters. The molecule has 3 rings (SSSR count). The maximum Gasteiger partial charge on any atom is 0.243 e. The van der Waals surface area contributed by atoms with Gasteiger partial charge < -0.3 is 0 Å². The molecule has 1 heterocycles. The fourth-order valence-corrected chi connectivity index (χ4v) is 6.45. The van der Waals surface area contributed by atoms with Gasteiger partial charge in [0.15, 0.2) is 0 Å². The monoisotopic (exact) mass is 347 g/mol. The highest BCUT2D eigenvalue weighted by Crippen LogP contribution is 2.43. The SMILES string of the molecule is C/C=C/[C@H]1CC[C@H]2[C@H](C)CCC[C@H]2N1S(=O)(=O)c1ccc(C)cc1. The first kappa shape index (κ1) is 17.7. The molecule has 3 nitrogen and oxygen atoms in total. The van der Waals surface area contributed by atoms with Crippen LogP contribution >= 0.6 is 0 Å². The molecule has 0 radical (unpaired) electrons. The normalized spacial score (nSPS) is 32.0. The van der Waals surface area contributed by atoms with Gasteiger partial charge >= 0.3 is 0 Å². The molecule has 2 fully saturated rings. The average molecular weight is 348 g/mol. The van der Waals surface area contributed by atoms with Gasteiger partial charge in [0.2, 0.25) is 10.0 Å². The Labute approximate surface area is 146 Å². The smallest absolute Gasteiger partial charge is 0.207 e. The van der Waals surface area contributed by atoms with E-state index in [1.165, 1.54) is 6.42 Å². The molecule has 1 saturated carbocycles. The van der Waals surface area contributed by atoms with E-state index in [0.29, 0.717) is 16.7 Å². The summed E-state index contributed by atoms with van der Waals surface area (Å²) in [5.74, 6) is 1.12. The van der Waals surface area contributed by atoms with Gasteiger partial charge in [0.05, 0.1) is 4.90 Å². The Bertz CT molecular complexity index is 693. The maximum atomic E-state index is 13.4. The minimum atomic E-state index is -3.46. The van der Waals surface area contributed by atoms with E-state index in [-0.39, 0.29) is 12.1 Å². The molecular weight excluding hydrogens is 318 g/mol. The number of hydrogen-bond acceptors (Lipinski definition) is 2. The topological polar surface area (TPSA) is 37.4 Å². The van der Waals surface area contributed by atoms with Crippen LogP contribution in [0.25, 0.3) is 0 Å². The first-order valence-electron chi connectivity index (χ1n) is 9.18. The van der Waals surface area contributed by atoms with Crippen LogP contribution in [0.5, 0.6) is 0 Å². The predicted molar refractivity (Wildman–Crippen MR) is 98.3 cm³/mol. The molecule has 0 unspecified atom stereocenters. The lowest BCUT2D eigenvalue weighted by atomic mass is 9.71. The van der Waals surface area contributed by atoms with Crippen LogP contribution in [0.4, 0.5) is 0 Å². The number of aryl methyl sites for hydroxylation is 1. The number of fused-ring (bicyclic) bond motifs is 1. The van der Waals surface area contributed by atoms with Crippen LogP contribution in [-0.4, -0.2) is 24.8 Å². The Kier molecular flexibility index (Phi) is 5.16. The predicted octanol–water partition coefficient (Wildman–Crippen LogP) is 4.53. The highest BCUT2D eigenvalue weighted by molar-refractivity contribution is 7.89. The lowest BCUT2D eigenvalue weighted by Crippen LogP contribution is -2.55. The van der Waals surface area contributed by atoms with Gasteiger partial charge in [-0.2, -0.15) is 4.31 Å². The van der Waals surface area contributed by atoms with E-state index in [4.69, 9.17) is 0 Å². The summed E-state index contributed by atoms with van der Waals surface area (Å²) in [6, 6.07) is 7.44. The lowest BCUT2D eigenvalue weighted by Gasteiger charge is -2.49. The second-order valence-electron chi connectivity index (χ2n) is 7.46. The summed E-state index contributed by atoms with van der Waals surface area (Å²) in [5.41, 5.74) is 1.08. The molecule has 132 valence electrons. The standard InChI is InChI=1S/C20H29NO2S/c1-4-6-17-11-14-19-16(3)7-5-8-20(19)21(17)24(22,23)18-12-9-15(2)10-13-18/h4,6,9-10,12-13,16-17,19-20H,5,7-8,11,14H2,1-3H3/b6-4+/t16-,17+,19+,20-/m1/s1. The number of sulfonamides is 1. The maximum absolute atomic E-state index is 13.4. The molecule has 0 bridgehead atoms. The van der Waals surface area contributed by atoms with E-state index >= 15 is 0 Å². The molecule has 1 saturated heterocycles. The Hall–Kier alpha value is -1.13. The number of nitrogens with zero attached hydrogens (tertiary/aromatic N) is 1. The molecule has 0 N–H and O–H groups in total. The third-order valence-corrected chi connectivity index (χ3v) is 7.81. The quantitative estimate of drug-likeness (QED) is 0.753. The van der Waals surface area contributed by atoms with Gasteiger partial charge in [-0.15, -0.1) is 0 Å². The Morgan fingerprint density at radius 3 is 2.46 bits per heavy atom.